The number of para-hydroxylation sites is 2. The maximum Gasteiger partial charge on any atom is 0.238 e. The number of nitrogens with zero attached hydrogens (tertiary/aromatic N) is 1. The minimum absolute atomic E-state index is 0.0702. The lowest BCUT2D eigenvalue weighted by molar-refractivity contribution is -0.117. The number of benzene rings is 2. The van der Waals surface area contributed by atoms with Gasteiger partial charge in [0.2, 0.25) is 5.91 Å². The molecule has 0 saturated carbocycles. The van der Waals surface area contributed by atoms with E-state index >= 15 is 0 Å². The average Bonchev–Trinajstić information content (AvgIpc) is 2.64. The average molecular weight is 498 g/mol. The van der Waals surface area contributed by atoms with E-state index in [1.54, 1.807) is 0 Å². The van der Waals surface area contributed by atoms with Crippen LogP contribution in [0.5, 0.6) is 11.5 Å². The van der Waals surface area contributed by atoms with Gasteiger partial charge in [-0.15, -0.1) is 0 Å². The molecule has 144 valence electrons. The number of carbonyl (C=O) groups is 1. The molecule has 1 N–H and O–H groups in total. The first-order chi connectivity index (χ1) is 13.0. The second kappa shape index (κ2) is 9.08. The number of hydrogen-bond donors (Lipinski definition) is 1. The highest BCUT2D eigenvalue weighted by molar-refractivity contribution is 9.11. The highest BCUT2D eigenvalue weighted by atomic mass is 79.9. The monoisotopic (exact) mass is 496 g/mol. The summed E-state index contributed by atoms with van der Waals surface area (Å²) in [7, 11) is 0. The summed E-state index contributed by atoms with van der Waals surface area (Å²) in [6, 6.07) is 11.6. The molecule has 0 fully saturated rings. The molecule has 1 amide bonds. The molecule has 1 aliphatic heterocycles. The summed E-state index contributed by atoms with van der Waals surface area (Å²) in [5.74, 6) is 1.45. The van der Waals surface area contributed by atoms with Gasteiger partial charge in [0.15, 0.2) is 11.5 Å². The first-order valence-corrected chi connectivity index (χ1v) is 10.4. The van der Waals surface area contributed by atoms with Gasteiger partial charge in [-0.05, 0) is 75.2 Å². The standard InChI is InChI=1S/C20H22Br2N2O3/c1-3-24(10-14-12-26-17-6-4-5-7-18(17)27-14)11-19(25)23-20-15(21)8-13(2)9-16(20)22/h4-9,14H,3,10-12H2,1-2H3,(H,23,25)/t14-/m1/s1. The number of hydrogen-bond acceptors (Lipinski definition) is 4. The molecule has 0 unspecified atom stereocenters. The second-order valence-corrected chi connectivity index (χ2v) is 8.19. The molecular weight excluding hydrogens is 476 g/mol. The van der Waals surface area contributed by atoms with E-state index in [2.05, 4.69) is 37.2 Å². The zero-order chi connectivity index (χ0) is 19.4. The summed E-state index contributed by atoms with van der Waals surface area (Å²) in [4.78, 5) is 14.6. The van der Waals surface area contributed by atoms with Crippen LogP contribution in [0.15, 0.2) is 45.3 Å². The van der Waals surface area contributed by atoms with E-state index in [1.165, 1.54) is 0 Å². The van der Waals surface area contributed by atoms with Crippen molar-refractivity contribution in [2.45, 2.75) is 20.0 Å². The lowest BCUT2D eigenvalue weighted by Gasteiger charge is -2.30. The van der Waals surface area contributed by atoms with Crippen LogP contribution in [0.25, 0.3) is 0 Å². The maximum atomic E-state index is 12.5. The largest absolute Gasteiger partial charge is 0.486 e. The molecule has 0 bridgehead atoms. The fourth-order valence-corrected chi connectivity index (χ4v) is 4.56. The molecule has 5 nitrogen and oxygen atoms in total. The third-order valence-corrected chi connectivity index (χ3v) is 5.55. The Balaban J connectivity index is 1.58. The highest BCUT2D eigenvalue weighted by Crippen LogP contribution is 2.33. The summed E-state index contributed by atoms with van der Waals surface area (Å²) < 4.78 is 13.5. The van der Waals surface area contributed by atoms with Gasteiger partial charge in [0.25, 0.3) is 0 Å². The number of carbonyl (C=O) groups excluding carboxylic acids is 1. The van der Waals surface area contributed by atoms with Gasteiger partial charge in [0.1, 0.15) is 12.7 Å². The molecule has 3 rings (SSSR count). The van der Waals surface area contributed by atoms with E-state index in [-0.39, 0.29) is 18.6 Å². The summed E-state index contributed by atoms with van der Waals surface area (Å²) in [6.45, 7) is 6.15. The maximum absolute atomic E-state index is 12.5. The Morgan fingerprint density at radius 3 is 2.56 bits per heavy atom. The first-order valence-electron chi connectivity index (χ1n) is 8.82. The molecule has 7 heteroatoms. The van der Waals surface area contributed by atoms with E-state index in [0.29, 0.717) is 13.2 Å². The fourth-order valence-electron chi connectivity index (χ4n) is 2.95. The third-order valence-electron chi connectivity index (χ3n) is 4.29. The Bertz CT molecular complexity index is 806. The van der Waals surface area contributed by atoms with Crippen molar-refractivity contribution < 1.29 is 14.3 Å². The van der Waals surface area contributed by atoms with Gasteiger partial charge in [0.05, 0.1) is 12.2 Å². The van der Waals surface area contributed by atoms with Gasteiger partial charge in [-0.1, -0.05) is 19.1 Å². The van der Waals surface area contributed by atoms with E-state index in [9.17, 15) is 4.79 Å². The van der Waals surface area contributed by atoms with Gasteiger partial charge in [-0.2, -0.15) is 0 Å². The van der Waals surface area contributed by atoms with Crippen LogP contribution in [0.2, 0.25) is 0 Å². The molecule has 27 heavy (non-hydrogen) atoms. The number of ether oxygens (including phenoxy) is 2. The number of amides is 1. The van der Waals surface area contributed by atoms with E-state index in [1.807, 2.05) is 55.1 Å². The number of fused-ring (bicyclic) bond motifs is 1. The van der Waals surface area contributed by atoms with Crippen LogP contribution in [0.3, 0.4) is 0 Å². The molecule has 1 aliphatic rings. The molecule has 0 spiro atoms. The topological polar surface area (TPSA) is 50.8 Å². The third kappa shape index (κ3) is 5.24. The van der Waals surface area contributed by atoms with Crippen LogP contribution in [0.1, 0.15) is 12.5 Å². The van der Waals surface area contributed by atoms with Crippen molar-refractivity contribution in [2.75, 3.05) is 31.6 Å². The summed E-state index contributed by atoms with van der Waals surface area (Å²) in [5, 5.41) is 2.98. The minimum atomic E-state index is -0.106. The van der Waals surface area contributed by atoms with Crippen molar-refractivity contribution >= 4 is 43.5 Å². The Labute approximate surface area is 176 Å². The van der Waals surface area contributed by atoms with Crippen molar-refractivity contribution in [3.63, 3.8) is 0 Å². The molecule has 0 aliphatic carbocycles. The van der Waals surface area contributed by atoms with Crippen molar-refractivity contribution in [2.24, 2.45) is 0 Å². The molecule has 0 aromatic heterocycles. The Morgan fingerprint density at radius 2 is 1.89 bits per heavy atom. The van der Waals surface area contributed by atoms with Gasteiger partial charge in [-0.3, -0.25) is 9.69 Å². The first kappa shape index (κ1) is 20.2. The van der Waals surface area contributed by atoms with Crippen molar-refractivity contribution in [3.05, 3.63) is 50.9 Å². The molecule has 2 aromatic carbocycles. The van der Waals surface area contributed by atoms with E-state index in [0.717, 1.165) is 38.2 Å². The van der Waals surface area contributed by atoms with Crippen LogP contribution in [0, 0.1) is 6.92 Å². The lowest BCUT2D eigenvalue weighted by atomic mass is 10.2. The normalized spacial score (nSPS) is 15.7. The Hall–Kier alpha value is -1.57. The van der Waals surface area contributed by atoms with Crippen LogP contribution >= 0.6 is 31.9 Å². The van der Waals surface area contributed by atoms with E-state index in [4.69, 9.17) is 9.47 Å². The molecule has 2 aromatic rings. The molecule has 1 atom stereocenters. The quantitative estimate of drug-likeness (QED) is 0.632. The van der Waals surface area contributed by atoms with Crippen LogP contribution in [-0.4, -0.2) is 43.2 Å². The molecule has 1 heterocycles. The number of halogens is 2. The SMILES string of the molecule is CCN(CC(=O)Nc1c(Br)cc(C)cc1Br)C[C@@H]1COc2ccccc2O1. The number of anilines is 1. The molecule has 0 radical (unpaired) electrons. The number of rotatable bonds is 6. The fraction of sp³-hybridized carbons (Fsp3) is 0.350. The van der Waals surface area contributed by atoms with Crippen LogP contribution in [0.4, 0.5) is 5.69 Å². The van der Waals surface area contributed by atoms with Gasteiger partial charge >= 0.3 is 0 Å². The number of likely N-dealkylation sites (N-methyl/N-ethyl adjacent to an activating group) is 1. The zero-order valence-corrected chi connectivity index (χ0v) is 18.5. The minimum Gasteiger partial charge on any atom is -0.486 e. The summed E-state index contributed by atoms with van der Waals surface area (Å²) in [5.41, 5.74) is 1.85. The van der Waals surface area contributed by atoms with Crippen LogP contribution in [-0.2, 0) is 4.79 Å². The predicted molar refractivity (Wildman–Crippen MR) is 114 cm³/mol. The molecular formula is C20H22Br2N2O3. The molecule has 0 saturated heterocycles. The highest BCUT2D eigenvalue weighted by Gasteiger charge is 2.23. The van der Waals surface area contributed by atoms with Crippen molar-refractivity contribution in [1.82, 2.24) is 4.90 Å². The zero-order valence-electron chi connectivity index (χ0n) is 15.3. The smallest absolute Gasteiger partial charge is 0.238 e. The van der Waals surface area contributed by atoms with Crippen molar-refractivity contribution in [3.8, 4) is 11.5 Å². The van der Waals surface area contributed by atoms with E-state index < -0.39 is 0 Å². The number of nitrogens with one attached hydrogen (secondary N) is 1. The Kier molecular flexibility index (Phi) is 6.78. The van der Waals surface area contributed by atoms with Gasteiger partial charge in [0, 0.05) is 15.5 Å². The predicted octanol–water partition coefficient (Wildman–Crippen LogP) is 4.62. The lowest BCUT2D eigenvalue weighted by Crippen LogP contribution is -2.43. The van der Waals surface area contributed by atoms with Crippen LogP contribution < -0.4 is 14.8 Å². The second-order valence-electron chi connectivity index (χ2n) is 6.48. The summed E-state index contributed by atoms with van der Waals surface area (Å²) in [6.07, 6.45) is -0.106. The Morgan fingerprint density at radius 1 is 1.22 bits per heavy atom. The summed E-state index contributed by atoms with van der Waals surface area (Å²) >= 11 is 7.02. The number of aryl methyl sites for hydroxylation is 1. The van der Waals surface area contributed by atoms with Crippen molar-refractivity contribution in [1.29, 1.82) is 0 Å². The van der Waals surface area contributed by atoms with Gasteiger partial charge < -0.3 is 14.8 Å². The van der Waals surface area contributed by atoms with Gasteiger partial charge in [-0.25, -0.2) is 0 Å².